The van der Waals surface area contributed by atoms with E-state index in [9.17, 15) is 0 Å². The van der Waals surface area contributed by atoms with Crippen LogP contribution < -0.4 is 5.32 Å². The van der Waals surface area contributed by atoms with Crippen molar-refractivity contribution in [3.05, 3.63) is 29.2 Å². The SMILES string of the molecule is Cc1cc2ncc(C(C)NCCOCC3CC3)c(C)n2n1. The van der Waals surface area contributed by atoms with Crippen molar-refractivity contribution in [3.63, 3.8) is 0 Å². The molecule has 1 unspecified atom stereocenters. The molecule has 5 nitrogen and oxygen atoms in total. The molecule has 21 heavy (non-hydrogen) atoms. The van der Waals surface area contributed by atoms with Crippen LogP contribution in [0.4, 0.5) is 0 Å². The van der Waals surface area contributed by atoms with Gasteiger partial charge in [0.2, 0.25) is 0 Å². The summed E-state index contributed by atoms with van der Waals surface area (Å²) in [5.41, 5.74) is 4.24. The van der Waals surface area contributed by atoms with Crippen LogP contribution in [0.25, 0.3) is 5.65 Å². The van der Waals surface area contributed by atoms with Crippen LogP contribution in [0.1, 0.15) is 42.8 Å². The van der Waals surface area contributed by atoms with E-state index in [1.54, 1.807) is 0 Å². The van der Waals surface area contributed by atoms with Crippen LogP contribution in [0.5, 0.6) is 0 Å². The Hall–Kier alpha value is -1.46. The summed E-state index contributed by atoms with van der Waals surface area (Å²) < 4.78 is 7.58. The van der Waals surface area contributed by atoms with Crippen molar-refractivity contribution in [2.45, 2.75) is 39.7 Å². The van der Waals surface area contributed by atoms with E-state index < -0.39 is 0 Å². The fourth-order valence-electron chi connectivity index (χ4n) is 2.59. The Morgan fingerprint density at radius 3 is 3.00 bits per heavy atom. The molecule has 5 heteroatoms. The molecule has 0 amide bonds. The van der Waals surface area contributed by atoms with E-state index in [4.69, 9.17) is 4.74 Å². The fourth-order valence-corrected chi connectivity index (χ4v) is 2.59. The van der Waals surface area contributed by atoms with Gasteiger partial charge in [-0.1, -0.05) is 0 Å². The van der Waals surface area contributed by atoms with Crippen molar-refractivity contribution in [1.82, 2.24) is 19.9 Å². The minimum absolute atomic E-state index is 0.246. The number of nitrogens with one attached hydrogen (secondary N) is 1. The second-order valence-corrected chi connectivity index (χ2v) is 6.05. The summed E-state index contributed by atoms with van der Waals surface area (Å²) >= 11 is 0. The molecule has 0 spiro atoms. The highest BCUT2D eigenvalue weighted by Crippen LogP contribution is 2.28. The number of rotatable bonds is 7. The first-order chi connectivity index (χ1) is 10.1. The van der Waals surface area contributed by atoms with Gasteiger partial charge < -0.3 is 10.1 Å². The van der Waals surface area contributed by atoms with Crippen molar-refractivity contribution in [2.75, 3.05) is 19.8 Å². The Morgan fingerprint density at radius 1 is 1.43 bits per heavy atom. The lowest BCUT2D eigenvalue weighted by Crippen LogP contribution is -2.25. The highest BCUT2D eigenvalue weighted by atomic mass is 16.5. The molecule has 2 aromatic rings. The lowest BCUT2D eigenvalue weighted by atomic mass is 10.1. The predicted octanol–water partition coefficient (Wildman–Crippen LogP) is 2.42. The van der Waals surface area contributed by atoms with E-state index in [2.05, 4.69) is 29.2 Å². The summed E-state index contributed by atoms with van der Waals surface area (Å²) in [6.45, 7) is 8.81. The number of ether oxygens (including phenoxy) is 1. The first-order valence-corrected chi connectivity index (χ1v) is 7.78. The zero-order valence-electron chi connectivity index (χ0n) is 13.1. The molecule has 0 bridgehead atoms. The van der Waals surface area contributed by atoms with Gasteiger partial charge >= 0.3 is 0 Å². The topological polar surface area (TPSA) is 51.5 Å². The summed E-state index contributed by atoms with van der Waals surface area (Å²) in [6, 6.07) is 2.25. The standard InChI is InChI=1S/C16H24N4O/c1-11-8-16-18-9-15(13(3)20(16)19-11)12(2)17-6-7-21-10-14-4-5-14/h8-9,12,14,17H,4-7,10H2,1-3H3. The highest BCUT2D eigenvalue weighted by Gasteiger charge is 2.21. The van der Waals surface area contributed by atoms with Crippen molar-refractivity contribution in [1.29, 1.82) is 0 Å². The first-order valence-electron chi connectivity index (χ1n) is 7.78. The molecule has 2 aromatic heterocycles. The second-order valence-electron chi connectivity index (χ2n) is 6.05. The van der Waals surface area contributed by atoms with E-state index >= 15 is 0 Å². The number of hydrogen-bond acceptors (Lipinski definition) is 4. The Morgan fingerprint density at radius 2 is 2.24 bits per heavy atom. The molecule has 3 rings (SSSR count). The maximum Gasteiger partial charge on any atom is 0.155 e. The van der Waals surface area contributed by atoms with Crippen LogP contribution in [0.15, 0.2) is 12.3 Å². The maximum atomic E-state index is 5.65. The molecular weight excluding hydrogens is 264 g/mol. The van der Waals surface area contributed by atoms with Gasteiger partial charge in [-0.2, -0.15) is 5.10 Å². The van der Waals surface area contributed by atoms with Crippen LogP contribution >= 0.6 is 0 Å². The molecule has 1 saturated carbocycles. The summed E-state index contributed by atoms with van der Waals surface area (Å²) in [4.78, 5) is 4.49. The molecule has 0 aliphatic heterocycles. The average molecular weight is 288 g/mol. The van der Waals surface area contributed by atoms with E-state index in [1.165, 1.54) is 18.4 Å². The van der Waals surface area contributed by atoms with Crippen molar-refractivity contribution < 1.29 is 4.74 Å². The van der Waals surface area contributed by atoms with Gasteiger partial charge in [0.1, 0.15) is 0 Å². The Bertz CT molecular complexity index is 618. The van der Waals surface area contributed by atoms with Crippen LogP contribution in [-0.2, 0) is 4.74 Å². The van der Waals surface area contributed by atoms with Gasteiger partial charge in [0.15, 0.2) is 5.65 Å². The van der Waals surface area contributed by atoms with E-state index in [-0.39, 0.29) is 6.04 Å². The normalized spacial score (nSPS) is 16.5. The Kier molecular flexibility index (Phi) is 4.22. The number of fused-ring (bicyclic) bond motifs is 1. The number of nitrogens with zero attached hydrogens (tertiary/aromatic N) is 3. The van der Waals surface area contributed by atoms with Gasteiger partial charge in [0, 0.05) is 42.7 Å². The fraction of sp³-hybridized carbons (Fsp3) is 0.625. The zero-order chi connectivity index (χ0) is 14.8. The summed E-state index contributed by atoms with van der Waals surface area (Å²) in [5, 5.41) is 7.99. The number of aromatic nitrogens is 3. The lowest BCUT2D eigenvalue weighted by Gasteiger charge is -2.16. The monoisotopic (exact) mass is 288 g/mol. The molecule has 1 aliphatic carbocycles. The van der Waals surface area contributed by atoms with Crippen LogP contribution in [0.3, 0.4) is 0 Å². The van der Waals surface area contributed by atoms with Gasteiger partial charge in [-0.15, -0.1) is 0 Å². The third kappa shape index (κ3) is 3.41. The van der Waals surface area contributed by atoms with Crippen LogP contribution in [0, 0.1) is 19.8 Å². The molecule has 1 fully saturated rings. The minimum Gasteiger partial charge on any atom is -0.380 e. The third-order valence-corrected chi connectivity index (χ3v) is 4.10. The molecule has 0 aromatic carbocycles. The molecular formula is C16H24N4O. The second kappa shape index (κ2) is 6.12. The molecule has 114 valence electrons. The Labute approximate surface area is 125 Å². The zero-order valence-corrected chi connectivity index (χ0v) is 13.1. The maximum absolute atomic E-state index is 5.65. The smallest absolute Gasteiger partial charge is 0.155 e. The predicted molar refractivity (Wildman–Crippen MR) is 82.4 cm³/mol. The number of hydrogen-bond donors (Lipinski definition) is 1. The molecule has 2 heterocycles. The van der Waals surface area contributed by atoms with E-state index in [0.29, 0.717) is 0 Å². The largest absolute Gasteiger partial charge is 0.380 e. The molecule has 0 saturated heterocycles. The average Bonchev–Trinajstić information content (AvgIpc) is 3.19. The number of aryl methyl sites for hydroxylation is 2. The van der Waals surface area contributed by atoms with Crippen LogP contribution in [0.2, 0.25) is 0 Å². The van der Waals surface area contributed by atoms with Gasteiger partial charge in [0.05, 0.1) is 12.3 Å². The molecule has 1 atom stereocenters. The minimum atomic E-state index is 0.246. The highest BCUT2D eigenvalue weighted by molar-refractivity contribution is 5.42. The third-order valence-electron chi connectivity index (χ3n) is 4.10. The van der Waals surface area contributed by atoms with Gasteiger partial charge in [-0.3, -0.25) is 0 Å². The summed E-state index contributed by atoms with van der Waals surface area (Å²) in [7, 11) is 0. The molecule has 0 radical (unpaired) electrons. The lowest BCUT2D eigenvalue weighted by molar-refractivity contribution is 0.124. The van der Waals surface area contributed by atoms with Gasteiger partial charge in [-0.25, -0.2) is 9.50 Å². The van der Waals surface area contributed by atoms with Crippen molar-refractivity contribution >= 4 is 5.65 Å². The van der Waals surface area contributed by atoms with E-state index in [0.717, 1.165) is 42.7 Å². The molecule has 1 N–H and O–H groups in total. The van der Waals surface area contributed by atoms with E-state index in [1.807, 2.05) is 23.7 Å². The first kappa shape index (κ1) is 14.5. The van der Waals surface area contributed by atoms with Crippen molar-refractivity contribution in [3.8, 4) is 0 Å². The molecule has 1 aliphatic rings. The van der Waals surface area contributed by atoms with Crippen LogP contribution in [-0.4, -0.2) is 34.4 Å². The van der Waals surface area contributed by atoms with Gasteiger partial charge in [-0.05, 0) is 39.5 Å². The quantitative estimate of drug-likeness (QED) is 0.795. The van der Waals surface area contributed by atoms with Crippen molar-refractivity contribution in [2.24, 2.45) is 5.92 Å². The van der Waals surface area contributed by atoms with Gasteiger partial charge in [0.25, 0.3) is 0 Å². The summed E-state index contributed by atoms with van der Waals surface area (Å²) in [5.74, 6) is 0.833. The summed E-state index contributed by atoms with van der Waals surface area (Å²) in [6.07, 6.45) is 4.64. The Balaban J connectivity index is 1.58.